The van der Waals surface area contributed by atoms with Gasteiger partial charge in [-0.3, -0.25) is 14.4 Å². The SMILES string of the molecule is C=CCC[C@H](NC(=O)c1ccc(OC(C)=O)cc1)C(N)=O. The predicted molar refractivity (Wildman–Crippen MR) is 77.6 cm³/mol. The van der Waals surface area contributed by atoms with Crippen molar-refractivity contribution in [2.45, 2.75) is 25.8 Å². The van der Waals surface area contributed by atoms with Crippen LogP contribution in [-0.2, 0) is 9.59 Å². The normalized spacial score (nSPS) is 11.3. The van der Waals surface area contributed by atoms with Gasteiger partial charge in [0.15, 0.2) is 0 Å². The summed E-state index contributed by atoms with van der Waals surface area (Å²) in [5.74, 6) is -1.11. The first-order chi connectivity index (χ1) is 9.93. The Kier molecular flexibility index (Phi) is 6.13. The standard InChI is InChI=1S/C15H18N2O4/c1-3-4-5-13(14(16)19)17-15(20)11-6-8-12(9-7-11)21-10(2)18/h3,6-9,13H,1,4-5H2,2H3,(H2,16,19)(H,17,20)/t13-/m0/s1. The van der Waals surface area contributed by atoms with Gasteiger partial charge in [-0.1, -0.05) is 6.08 Å². The highest BCUT2D eigenvalue weighted by Gasteiger charge is 2.18. The van der Waals surface area contributed by atoms with Crippen molar-refractivity contribution in [3.8, 4) is 5.75 Å². The highest BCUT2D eigenvalue weighted by molar-refractivity contribution is 5.97. The molecule has 2 amide bonds. The highest BCUT2D eigenvalue weighted by atomic mass is 16.5. The average molecular weight is 290 g/mol. The number of carbonyl (C=O) groups excluding carboxylic acids is 3. The second kappa shape index (κ2) is 7.84. The number of carbonyl (C=O) groups is 3. The number of hydrogen-bond donors (Lipinski definition) is 2. The van der Waals surface area contributed by atoms with E-state index in [1.54, 1.807) is 6.08 Å². The molecule has 1 aromatic rings. The minimum absolute atomic E-state index is 0.343. The van der Waals surface area contributed by atoms with E-state index in [1.165, 1.54) is 31.2 Å². The first kappa shape index (κ1) is 16.4. The molecule has 0 spiro atoms. The van der Waals surface area contributed by atoms with E-state index in [2.05, 4.69) is 11.9 Å². The molecule has 1 rings (SSSR count). The summed E-state index contributed by atoms with van der Waals surface area (Å²) in [6, 6.07) is 5.25. The molecule has 0 fully saturated rings. The number of benzene rings is 1. The molecule has 21 heavy (non-hydrogen) atoms. The molecule has 112 valence electrons. The number of nitrogens with two attached hydrogens (primary N) is 1. The Labute approximate surface area is 123 Å². The fourth-order valence-corrected chi connectivity index (χ4v) is 1.65. The zero-order chi connectivity index (χ0) is 15.8. The first-order valence-corrected chi connectivity index (χ1v) is 6.43. The zero-order valence-corrected chi connectivity index (χ0v) is 11.8. The summed E-state index contributed by atoms with van der Waals surface area (Å²) < 4.78 is 4.87. The van der Waals surface area contributed by atoms with Crippen LogP contribution in [0.2, 0.25) is 0 Å². The summed E-state index contributed by atoms with van der Waals surface area (Å²) in [5.41, 5.74) is 5.58. The van der Waals surface area contributed by atoms with E-state index in [4.69, 9.17) is 10.5 Å². The Bertz CT molecular complexity index is 537. The number of amides is 2. The molecule has 0 unspecified atom stereocenters. The Morgan fingerprint density at radius 3 is 2.43 bits per heavy atom. The van der Waals surface area contributed by atoms with Crippen molar-refractivity contribution in [3.05, 3.63) is 42.5 Å². The van der Waals surface area contributed by atoms with Crippen LogP contribution < -0.4 is 15.8 Å². The minimum atomic E-state index is -0.747. The highest BCUT2D eigenvalue weighted by Crippen LogP contribution is 2.12. The number of hydrogen-bond acceptors (Lipinski definition) is 4. The van der Waals surface area contributed by atoms with Crippen LogP contribution in [0.4, 0.5) is 0 Å². The lowest BCUT2D eigenvalue weighted by atomic mass is 10.1. The van der Waals surface area contributed by atoms with Gasteiger partial charge in [-0.15, -0.1) is 6.58 Å². The van der Waals surface area contributed by atoms with Crippen LogP contribution >= 0.6 is 0 Å². The molecule has 0 aliphatic heterocycles. The van der Waals surface area contributed by atoms with Crippen LogP contribution in [0.5, 0.6) is 5.75 Å². The molecule has 0 bridgehead atoms. The van der Waals surface area contributed by atoms with Gasteiger partial charge in [0.25, 0.3) is 5.91 Å². The monoisotopic (exact) mass is 290 g/mol. The molecule has 0 heterocycles. The van der Waals surface area contributed by atoms with Gasteiger partial charge in [-0.05, 0) is 37.1 Å². The third kappa shape index (κ3) is 5.48. The minimum Gasteiger partial charge on any atom is -0.427 e. The molecule has 0 saturated carbocycles. The van der Waals surface area contributed by atoms with E-state index in [1.807, 2.05) is 0 Å². The molecular formula is C15H18N2O4. The van der Waals surface area contributed by atoms with Crippen molar-refractivity contribution >= 4 is 17.8 Å². The summed E-state index contributed by atoms with van der Waals surface area (Å²) in [4.78, 5) is 34.1. The van der Waals surface area contributed by atoms with Crippen molar-refractivity contribution in [1.82, 2.24) is 5.32 Å². The van der Waals surface area contributed by atoms with Crippen LogP contribution in [0, 0.1) is 0 Å². The number of ether oxygens (including phenoxy) is 1. The summed E-state index contributed by atoms with van der Waals surface area (Å²) in [6.07, 6.45) is 2.62. The molecule has 0 aliphatic carbocycles. The van der Waals surface area contributed by atoms with Crippen LogP contribution in [-0.4, -0.2) is 23.8 Å². The molecule has 1 atom stereocenters. The van der Waals surface area contributed by atoms with Crippen molar-refractivity contribution in [2.75, 3.05) is 0 Å². The van der Waals surface area contributed by atoms with E-state index >= 15 is 0 Å². The molecule has 6 nitrogen and oxygen atoms in total. The lowest BCUT2D eigenvalue weighted by Gasteiger charge is -2.14. The maximum absolute atomic E-state index is 12.0. The van der Waals surface area contributed by atoms with E-state index in [-0.39, 0.29) is 0 Å². The molecule has 3 N–H and O–H groups in total. The van der Waals surface area contributed by atoms with Gasteiger partial charge in [-0.2, -0.15) is 0 Å². The van der Waals surface area contributed by atoms with Gasteiger partial charge >= 0.3 is 5.97 Å². The Morgan fingerprint density at radius 1 is 1.33 bits per heavy atom. The van der Waals surface area contributed by atoms with Gasteiger partial charge in [0.05, 0.1) is 0 Å². The molecular weight excluding hydrogens is 272 g/mol. The maximum atomic E-state index is 12.0. The molecule has 0 saturated heterocycles. The third-order valence-electron chi connectivity index (χ3n) is 2.69. The van der Waals surface area contributed by atoms with E-state index in [0.717, 1.165) is 0 Å². The average Bonchev–Trinajstić information content (AvgIpc) is 2.43. The van der Waals surface area contributed by atoms with Crippen LogP contribution in [0.15, 0.2) is 36.9 Å². The quantitative estimate of drug-likeness (QED) is 0.447. The molecule has 1 aromatic carbocycles. The maximum Gasteiger partial charge on any atom is 0.308 e. The predicted octanol–water partition coefficient (Wildman–Crippen LogP) is 1.16. The zero-order valence-electron chi connectivity index (χ0n) is 11.8. The first-order valence-electron chi connectivity index (χ1n) is 6.43. The van der Waals surface area contributed by atoms with Crippen LogP contribution in [0.3, 0.4) is 0 Å². The Hall–Kier alpha value is -2.63. The molecule has 6 heteroatoms. The van der Waals surface area contributed by atoms with E-state index < -0.39 is 23.8 Å². The summed E-state index contributed by atoms with van der Waals surface area (Å²) >= 11 is 0. The van der Waals surface area contributed by atoms with Crippen molar-refractivity contribution in [3.63, 3.8) is 0 Å². The van der Waals surface area contributed by atoms with Gasteiger partial charge in [0.1, 0.15) is 11.8 Å². The van der Waals surface area contributed by atoms with Crippen LogP contribution in [0.25, 0.3) is 0 Å². The van der Waals surface area contributed by atoms with Crippen molar-refractivity contribution in [1.29, 1.82) is 0 Å². The fourth-order valence-electron chi connectivity index (χ4n) is 1.65. The van der Waals surface area contributed by atoms with Gasteiger partial charge in [-0.25, -0.2) is 0 Å². The van der Waals surface area contributed by atoms with Gasteiger partial charge in [0, 0.05) is 12.5 Å². The Morgan fingerprint density at radius 2 is 1.95 bits per heavy atom. The smallest absolute Gasteiger partial charge is 0.308 e. The second-order valence-electron chi connectivity index (χ2n) is 4.41. The number of allylic oxidation sites excluding steroid dienone is 1. The van der Waals surface area contributed by atoms with E-state index in [9.17, 15) is 14.4 Å². The topological polar surface area (TPSA) is 98.5 Å². The van der Waals surface area contributed by atoms with Crippen molar-refractivity contribution in [2.24, 2.45) is 5.73 Å². The third-order valence-corrected chi connectivity index (χ3v) is 2.69. The largest absolute Gasteiger partial charge is 0.427 e. The van der Waals surface area contributed by atoms with E-state index in [0.29, 0.717) is 24.2 Å². The second-order valence-corrected chi connectivity index (χ2v) is 4.41. The number of primary amides is 1. The lowest BCUT2D eigenvalue weighted by Crippen LogP contribution is -2.44. The lowest BCUT2D eigenvalue weighted by molar-refractivity contribution is -0.131. The number of esters is 1. The molecule has 0 radical (unpaired) electrons. The Balaban J connectivity index is 2.71. The number of nitrogens with one attached hydrogen (secondary N) is 1. The van der Waals surface area contributed by atoms with Gasteiger partial charge in [0.2, 0.25) is 5.91 Å². The molecule has 0 aromatic heterocycles. The summed E-state index contributed by atoms with van der Waals surface area (Å²) in [7, 11) is 0. The van der Waals surface area contributed by atoms with Gasteiger partial charge < -0.3 is 15.8 Å². The fraction of sp³-hybridized carbons (Fsp3) is 0.267. The summed E-state index contributed by atoms with van der Waals surface area (Å²) in [6.45, 7) is 4.85. The summed E-state index contributed by atoms with van der Waals surface area (Å²) in [5, 5.41) is 2.56. The number of rotatable bonds is 7. The van der Waals surface area contributed by atoms with Crippen LogP contribution in [0.1, 0.15) is 30.1 Å². The molecule has 0 aliphatic rings. The van der Waals surface area contributed by atoms with Crippen molar-refractivity contribution < 1.29 is 19.1 Å².